The van der Waals surface area contributed by atoms with Gasteiger partial charge in [0.1, 0.15) is 22.5 Å². The highest BCUT2D eigenvalue weighted by molar-refractivity contribution is 6.32. The molecule has 1 unspecified atom stereocenters. The third-order valence-electron chi connectivity index (χ3n) is 4.54. The number of ether oxygens (including phenoxy) is 1. The summed E-state index contributed by atoms with van der Waals surface area (Å²) < 4.78 is 49.7. The van der Waals surface area contributed by atoms with Gasteiger partial charge in [-0.25, -0.2) is 14.3 Å². The number of esters is 1. The summed E-state index contributed by atoms with van der Waals surface area (Å²) in [5, 5.41) is 7.16. The van der Waals surface area contributed by atoms with Crippen molar-refractivity contribution in [1.29, 1.82) is 0 Å². The molecule has 1 amide bonds. The van der Waals surface area contributed by atoms with E-state index in [0.717, 1.165) is 13.0 Å². The lowest BCUT2D eigenvalue weighted by Crippen LogP contribution is -2.30. The summed E-state index contributed by atoms with van der Waals surface area (Å²) in [6.45, 7) is 0.654. The van der Waals surface area contributed by atoms with Gasteiger partial charge in [-0.05, 0) is 31.2 Å². The number of nitrogens with one attached hydrogen (secondary N) is 1. The summed E-state index contributed by atoms with van der Waals surface area (Å²) in [6, 6.07) is 5.82. The van der Waals surface area contributed by atoms with E-state index in [0.29, 0.717) is 11.0 Å². The Morgan fingerprint density at radius 1 is 1.28 bits per heavy atom. The van der Waals surface area contributed by atoms with Crippen molar-refractivity contribution in [1.82, 2.24) is 19.9 Å². The third-order valence-corrected chi connectivity index (χ3v) is 4.76. The van der Waals surface area contributed by atoms with Crippen molar-refractivity contribution >= 4 is 40.1 Å². The molecular formula is C20H14ClF3N4O4. The normalized spacial score (nSPS) is 12.8. The molecule has 0 aliphatic rings. The Morgan fingerprint density at radius 2 is 2.06 bits per heavy atom. The summed E-state index contributed by atoms with van der Waals surface area (Å²) in [5.74, 6) is -1.45. The number of carbonyl (C=O) groups is 2. The van der Waals surface area contributed by atoms with Crippen LogP contribution in [0.5, 0.6) is 0 Å². The lowest BCUT2D eigenvalue weighted by Gasteiger charge is -2.16. The van der Waals surface area contributed by atoms with E-state index in [4.69, 9.17) is 16.0 Å². The van der Waals surface area contributed by atoms with Crippen molar-refractivity contribution < 1.29 is 31.9 Å². The molecule has 8 nitrogen and oxygen atoms in total. The SMILES string of the molecule is CC(OC(=O)c1cc(Cl)cc2cc(CNC(=O)c3cnn4cccnc34)oc12)C(F)(F)F. The first kappa shape index (κ1) is 21.6. The van der Waals surface area contributed by atoms with Crippen LogP contribution in [0.2, 0.25) is 5.02 Å². The van der Waals surface area contributed by atoms with Gasteiger partial charge < -0.3 is 14.5 Å². The van der Waals surface area contributed by atoms with E-state index >= 15 is 0 Å². The van der Waals surface area contributed by atoms with Crippen molar-refractivity contribution in [2.24, 2.45) is 0 Å². The predicted octanol–water partition coefficient (Wildman–Crippen LogP) is 4.17. The first-order valence-electron chi connectivity index (χ1n) is 9.19. The maximum Gasteiger partial charge on any atom is 0.425 e. The van der Waals surface area contributed by atoms with E-state index in [1.165, 1.54) is 29.0 Å². The highest BCUT2D eigenvalue weighted by Crippen LogP contribution is 2.30. The van der Waals surface area contributed by atoms with Gasteiger partial charge in [-0.15, -0.1) is 0 Å². The molecule has 0 bridgehead atoms. The van der Waals surface area contributed by atoms with E-state index in [-0.39, 0.29) is 34.0 Å². The molecule has 1 N–H and O–H groups in total. The number of hydrogen-bond acceptors (Lipinski definition) is 6. The molecule has 3 aromatic heterocycles. The Balaban J connectivity index is 1.55. The molecule has 4 rings (SSSR count). The summed E-state index contributed by atoms with van der Waals surface area (Å²) >= 11 is 6.00. The van der Waals surface area contributed by atoms with E-state index in [1.54, 1.807) is 12.3 Å². The summed E-state index contributed by atoms with van der Waals surface area (Å²) in [6.07, 6.45) is -2.48. The fourth-order valence-corrected chi connectivity index (χ4v) is 3.18. The Bertz CT molecular complexity index is 1330. The van der Waals surface area contributed by atoms with E-state index < -0.39 is 24.2 Å². The minimum absolute atomic E-state index is 0.00401. The zero-order valence-corrected chi connectivity index (χ0v) is 17.1. The number of aromatic nitrogens is 3. The average Bonchev–Trinajstić information content (AvgIpc) is 3.34. The van der Waals surface area contributed by atoms with E-state index in [2.05, 4.69) is 20.1 Å². The monoisotopic (exact) mass is 466 g/mol. The Hall–Kier alpha value is -3.60. The Morgan fingerprint density at radius 3 is 2.81 bits per heavy atom. The number of amides is 1. The van der Waals surface area contributed by atoms with Crippen LogP contribution >= 0.6 is 11.6 Å². The lowest BCUT2D eigenvalue weighted by molar-refractivity contribution is -0.198. The highest BCUT2D eigenvalue weighted by atomic mass is 35.5. The van der Waals surface area contributed by atoms with Crippen LogP contribution in [0.25, 0.3) is 16.6 Å². The minimum Gasteiger partial charge on any atom is -0.458 e. The van der Waals surface area contributed by atoms with Crippen LogP contribution in [-0.4, -0.2) is 38.8 Å². The number of furan rings is 1. The molecule has 0 saturated carbocycles. The van der Waals surface area contributed by atoms with Gasteiger partial charge in [0.25, 0.3) is 5.91 Å². The zero-order chi connectivity index (χ0) is 23.0. The Labute approximate surface area is 182 Å². The molecule has 1 aromatic carbocycles. The largest absolute Gasteiger partial charge is 0.458 e. The van der Waals surface area contributed by atoms with E-state index in [1.807, 2.05) is 0 Å². The molecule has 12 heteroatoms. The van der Waals surface area contributed by atoms with Crippen molar-refractivity contribution in [3.8, 4) is 0 Å². The highest BCUT2D eigenvalue weighted by Gasteiger charge is 2.39. The van der Waals surface area contributed by atoms with Crippen LogP contribution in [0.15, 0.2) is 47.3 Å². The van der Waals surface area contributed by atoms with Gasteiger partial charge in [0.15, 0.2) is 11.8 Å². The third kappa shape index (κ3) is 4.24. The van der Waals surface area contributed by atoms with Crippen LogP contribution in [0.4, 0.5) is 13.2 Å². The molecule has 32 heavy (non-hydrogen) atoms. The first-order valence-corrected chi connectivity index (χ1v) is 9.57. The van der Waals surface area contributed by atoms with Gasteiger partial charge >= 0.3 is 12.1 Å². The van der Waals surface area contributed by atoms with Crippen LogP contribution in [0.3, 0.4) is 0 Å². The minimum atomic E-state index is -4.71. The second-order valence-corrected chi connectivity index (χ2v) is 7.24. The smallest absolute Gasteiger partial charge is 0.425 e. The van der Waals surface area contributed by atoms with Crippen LogP contribution < -0.4 is 5.32 Å². The fourth-order valence-electron chi connectivity index (χ4n) is 2.95. The van der Waals surface area contributed by atoms with Crippen LogP contribution in [-0.2, 0) is 11.3 Å². The fraction of sp³-hybridized carbons (Fsp3) is 0.200. The molecule has 166 valence electrons. The molecule has 4 aromatic rings. The standard InChI is InChI=1S/C20H14ClF3N4O4/c1-10(20(22,23)24)31-19(30)14-7-12(21)5-11-6-13(32-16(11)14)8-26-18(29)15-9-27-28-4-2-3-25-17(15)28/h2-7,9-10H,8H2,1H3,(H,26,29). The van der Waals surface area contributed by atoms with E-state index in [9.17, 15) is 22.8 Å². The number of alkyl halides is 3. The second kappa shape index (κ2) is 8.15. The van der Waals surface area contributed by atoms with Crippen molar-refractivity contribution in [3.05, 3.63) is 64.8 Å². The number of benzene rings is 1. The van der Waals surface area contributed by atoms with Gasteiger partial charge in [0.05, 0.1) is 12.7 Å². The van der Waals surface area contributed by atoms with Crippen molar-refractivity contribution in [3.63, 3.8) is 0 Å². The predicted molar refractivity (Wildman–Crippen MR) is 106 cm³/mol. The molecule has 0 fully saturated rings. The van der Waals surface area contributed by atoms with Crippen LogP contribution in [0.1, 0.15) is 33.4 Å². The number of rotatable bonds is 5. The molecule has 3 heterocycles. The number of halogens is 4. The quantitative estimate of drug-likeness (QED) is 0.443. The number of fused-ring (bicyclic) bond motifs is 2. The summed E-state index contributed by atoms with van der Waals surface area (Å²) in [4.78, 5) is 28.9. The first-order chi connectivity index (χ1) is 15.1. The molecule has 0 spiro atoms. The number of hydrogen-bond donors (Lipinski definition) is 1. The molecule has 0 radical (unpaired) electrons. The molecule has 0 aliphatic carbocycles. The van der Waals surface area contributed by atoms with Gasteiger partial charge in [0.2, 0.25) is 0 Å². The van der Waals surface area contributed by atoms with Crippen molar-refractivity contribution in [2.75, 3.05) is 0 Å². The zero-order valence-electron chi connectivity index (χ0n) is 16.3. The summed E-state index contributed by atoms with van der Waals surface area (Å²) in [7, 11) is 0. The average molecular weight is 467 g/mol. The molecule has 1 atom stereocenters. The van der Waals surface area contributed by atoms with Crippen LogP contribution in [0, 0.1) is 0 Å². The number of nitrogens with zero attached hydrogens (tertiary/aromatic N) is 3. The Kier molecular flexibility index (Phi) is 5.51. The number of carbonyl (C=O) groups excluding carboxylic acids is 2. The molecule has 0 saturated heterocycles. The second-order valence-electron chi connectivity index (χ2n) is 6.80. The van der Waals surface area contributed by atoms with Gasteiger partial charge in [-0.1, -0.05) is 11.6 Å². The van der Waals surface area contributed by atoms with Gasteiger partial charge in [-0.3, -0.25) is 4.79 Å². The molecule has 0 aliphatic heterocycles. The molecular weight excluding hydrogens is 453 g/mol. The maximum absolute atomic E-state index is 12.7. The van der Waals surface area contributed by atoms with Gasteiger partial charge in [-0.2, -0.15) is 18.3 Å². The van der Waals surface area contributed by atoms with Gasteiger partial charge in [0, 0.05) is 22.8 Å². The lowest BCUT2D eigenvalue weighted by atomic mass is 10.1. The van der Waals surface area contributed by atoms with Crippen molar-refractivity contribution in [2.45, 2.75) is 25.7 Å². The summed E-state index contributed by atoms with van der Waals surface area (Å²) in [5.41, 5.74) is 0.351. The topological polar surface area (TPSA) is 98.7 Å². The maximum atomic E-state index is 12.7.